The molecule has 6 heteroatoms. The molecule has 1 aliphatic carbocycles. The molecule has 0 bridgehead atoms. The third-order valence-electron chi connectivity index (χ3n) is 5.19. The number of fused-ring (bicyclic) bond motifs is 1. The van der Waals surface area contributed by atoms with Crippen LogP contribution in [0.1, 0.15) is 44.6 Å². The minimum atomic E-state index is -0.744. The van der Waals surface area contributed by atoms with Crippen LogP contribution in [0.3, 0.4) is 0 Å². The van der Waals surface area contributed by atoms with Crippen LogP contribution in [0.25, 0.3) is 0 Å². The normalized spacial score (nSPS) is 23.1. The molecule has 1 aromatic carbocycles. The Balaban J connectivity index is 1.82. The number of piperidine rings is 1. The van der Waals surface area contributed by atoms with Gasteiger partial charge in [-0.3, -0.25) is 9.59 Å². The summed E-state index contributed by atoms with van der Waals surface area (Å²) in [6.07, 6.45) is 5.15. The Bertz CT molecular complexity index is 732. The van der Waals surface area contributed by atoms with Crippen molar-refractivity contribution in [3.05, 3.63) is 47.2 Å². The molecule has 1 unspecified atom stereocenters. The largest absolute Gasteiger partial charge is 0.351 e. The summed E-state index contributed by atoms with van der Waals surface area (Å²) in [4.78, 5) is 26.8. The van der Waals surface area contributed by atoms with E-state index in [0.29, 0.717) is 25.8 Å². The van der Waals surface area contributed by atoms with Crippen molar-refractivity contribution in [3.63, 3.8) is 0 Å². The number of carbonyl (C=O) groups excluding carboxylic acids is 2. The van der Waals surface area contributed by atoms with Gasteiger partial charge in [0.25, 0.3) is 0 Å². The molecule has 1 saturated heterocycles. The Morgan fingerprint density at radius 3 is 2.88 bits per heavy atom. The molecular weight excluding hydrogens is 326 g/mol. The molecule has 1 N–H and O–H groups in total. The average Bonchev–Trinajstić information content (AvgIpc) is 2.62. The summed E-state index contributed by atoms with van der Waals surface area (Å²) in [7, 11) is 0. The summed E-state index contributed by atoms with van der Waals surface area (Å²) in [5, 5.41) is 2.76. The van der Waals surface area contributed by atoms with E-state index < -0.39 is 17.0 Å². The lowest BCUT2D eigenvalue weighted by atomic mass is 9.69. The van der Waals surface area contributed by atoms with Gasteiger partial charge in [-0.2, -0.15) is 0 Å². The lowest BCUT2D eigenvalue weighted by molar-refractivity contribution is -0.140. The maximum absolute atomic E-state index is 13.8. The highest BCUT2D eigenvalue weighted by atomic mass is 19.1. The maximum Gasteiger partial charge on any atom is 0.232 e. The van der Waals surface area contributed by atoms with E-state index in [1.54, 1.807) is 4.90 Å². The van der Waals surface area contributed by atoms with E-state index in [-0.39, 0.29) is 23.9 Å². The van der Waals surface area contributed by atoms with Crippen molar-refractivity contribution >= 4 is 11.8 Å². The van der Waals surface area contributed by atoms with Crippen LogP contribution in [0.5, 0.6) is 0 Å². The van der Waals surface area contributed by atoms with Gasteiger partial charge in [-0.05, 0) is 50.8 Å². The molecule has 1 heterocycles. The van der Waals surface area contributed by atoms with Gasteiger partial charge >= 0.3 is 0 Å². The van der Waals surface area contributed by atoms with E-state index >= 15 is 0 Å². The van der Waals surface area contributed by atoms with E-state index in [4.69, 9.17) is 0 Å². The van der Waals surface area contributed by atoms with Crippen LogP contribution in [-0.4, -0.2) is 23.3 Å². The molecule has 1 aromatic rings. The van der Waals surface area contributed by atoms with Crippen LogP contribution < -0.4 is 5.32 Å². The molecule has 134 valence electrons. The van der Waals surface area contributed by atoms with Gasteiger partial charge < -0.3 is 10.2 Å². The first-order chi connectivity index (χ1) is 12.0. The molecule has 0 spiro atoms. The number of rotatable bonds is 4. The molecule has 1 atom stereocenters. The molecular formula is C19H22F2N2O2. The Kier molecular flexibility index (Phi) is 4.88. The highest BCUT2D eigenvalue weighted by Gasteiger charge is 2.49. The predicted octanol–water partition coefficient (Wildman–Crippen LogP) is 3.28. The van der Waals surface area contributed by atoms with Crippen LogP contribution in [0.4, 0.5) is 8.78 Å². The van der Waals surface area contributed by atoms with Crippen molar-refractivity contribution in [2.24, 2.45) is 5.41 Å². The van der Waals surface area contributed by atoms with Gasteiger partial charge in [0, 0.05) is 30.8 Å². The topological polar surface area (TPSA) is 49.4 Å². The highest BCUT2D eigenvalue weighted by Crippen LogP contribution is 2.46. The van der Waals surface area contributed by atoms with Crippen molar-refractivity contribution in [1.29, 1.82) is 0 Å². The van der Waals surface area contributed by atoms with Crippen molar-refractivity contribution in [2.75, 3.05) is 6.54 Å². The van der Waals surface area contributed by atoms with Crippen LogP contribution in [0.15, 0.2) is 30.0 Å². The summed E-state index contributed by atoms with van der Waals surface area (Å²) < 4.78 is 27.1. The molecule has 2 aliphatic rings. The second kappa shape index (κ2) is 6.94. The van der Waals surface area contributed by atoms with E-state index in [1.165, 1.54) is 0 Å². The number of nitrogens with zero attached hydrogens (tertiary/aromatic N) is 1. The van der Waals surface area contributed by atoms with Crippen molar-refractivity contribution in [3.8, 4) is 0 Å². The third-order valence-corrected chi connectivity index (χ3v) is 5.19. The lowest BCUT2D eigenvalue weighted by Gasteiger charge is -2.45. The van der Waals surface area contributed by atoms with E-state index in [0.717, 1.165) is 36.7 Å². The van der Waals surface area contributed by atoms with Crippen LogP contribution >= 0.6 is 0 Å². The Morgan fingerprint density at radius 1 is 1.32 bits per heavy atom. The number of amides is 2. The van der Waals surface area contributed by atoms with Gasteiger partial charge in [0.05, 0.1) is 5.41 Å². The zero-order chi connectivity index (χ0) is 18.0. The zero-order valence-electron chi connectivity index (χ0n) is 14.3. The van der Waals surface area contributed by atoms with Crippen molar-refractivity contribution < 1.29 is 18.4 Å². The number of nitrogens with one attached hydrogen (secondary N) is 1. The summed E-state index contributed by atoms with van der Waals surface area (Å²) in [5.41, 5.74) is 0.145. The fraction of sp³-hybridized carbons (Fsp3) is 0.474. The maximum atomic E-state index is 13.8. The number of allylic oxidation sites excluding steroid dienone is 1. The Hall–Kier alpha value is -2.24. The standard InChI is InChI=1S/C19H22F2N2O2/c1-2-23-16-5-3-4-9-19(16,10-8-17(23)24)18(25)22-12-13-11-14(20)6-7-15(13)21/h5-7,11H,2-4,8-10,12H2,1H3,(H,22,25). The molecule has 0 aromatic heterocycles. The molecule has 3 rings (SSSR count). The average molecular weight is 348 g/mol. The van der Waals surface area contributed by atoms with Crippen molar-refractivity contribution in [1.82, 2.24) is 10.2 Å². The van der Waals surface area contributed by atoms with E-state index in [1.807, 2.05) is 13.0 Å². The summed E-state index contributed by atoms with van der Waals surface area (Å²) >= 11 is 0. The first kappa shape index (κ1) is 17.6. The van der Waals surface area contributed by atoms with Gasteiger partial charge in [-0.25, -0.2) is 8.78 Å². The van der Waals surface area contributed by atoms with Gasteiger partial charge in [0.2, 0.25) is 11.8 Å². The Labute approximate surface area is 145 Å². The minimum absolute atomic E-state index is 0.0373. The first-order valence-corrected chi connectivity index (χ1v) is 8.71. The number of benzene rings is 1. The molecule has 1 aliphatic heterocycles. The van der Waals surface area contributed by atoms with Gasteiger partial charge in [-0.15, -0.1) is 0 Å². The first-order valence-electron chi connectivity index (χ1n) is 8.71. The monoisotopic (exact) mass is 348 g/mol. The van der Waals surface area contributed by atoms with Gasteiger partial charge in [-0.1, -0.05) is 6.08 Å². The van der Waals surface area contributed by atoms with Crippen molar-refractivity contribution in [2.45, 2.75) is 45.6 Å². The smallest absolute Gasteiger partial charge is 0.232 e. The number of halogens is 2. The van der Waals surface area contributed by atoms with Gasteiger partial charge in [0.15, 0.2) is 0 Å². The highest BCUT2D eigenvalue weighted by molar-refractivity contribution is 5.91. The number of hydrogen-bond acceptors (Lipinski definition) is 2. The fourth-order valence-electron chi connectivity index (χ4n) is 3.89. The second-order valence-corrected chi connectivity index (χ2v) is 6.62. The summed E-state index contributed by atoms with van der Waals surface area (Å²) in [5.74, 6) is -1.27. The second-order valence-electron chi connectivity index (χ2n) is 6.62. The molecule has 0 saturated carbocycles. The SMILES string of the molecule is CCN1C(=O)CCC2(C(=O)NCc3cc(F)ccc3F)CCCC=C12. The Morgan fingerprint density at radius 2 is 2.12 bits per heavy atom. The number of likely N-dealkylation sites (tertiary alicyclic amines) is 1. The van der Waals surface area contributed by atoms with Gasteiger partial charge in [0.1, 0.15) is 11.6 Å². The zero-order valence-corrected chi connectivity index (χ0v) is 14.3. The van der Waals surface area contributed by atoms with Crippen LogP contribution in [0.2, 0.25) is 0 Å². The molecule has 2 amide bonds. The molecule has 4 nitrogen and oxygen atoms in total. The molecule has 25 heavy (non-hydrogen) atoms. The van der Waals surface area contributed by atoms with Crippen LogP contribution in [0, 0.1) is 17.0 Å². The predicted molar refractivity (Wildman–Crippen MR) is 89.2 cm³/mol. The summed E-state index contributed by atoms with van der Waals surface area (Å²) in [6, 6.07) is 3.19. The number of hydrogen-bond donors (Lipinski definition) is 1. The third kappa shape index (κ3) is 3.17. The summed E-state index contributed by atoms with van der Waals surface area (Å²) in [6.45, 7) is 2.35. The van der Waals surface area contributed by atoms with E-state index in [2.05, 4.69) is 5.32 Å². The molecule has 0 radical (unpaired) electrons. The molecule has 1 fully saturated rings. The minimum Gasteiger partial charge on any atom is -0.351 e. The fourth-order valence-corrected chi connectivity index (χ4v) is 3.89. The van der Waals surface area contributed by atoms with E-state index in [9.17, 15) is 18.4 Å². The lowest BCUT2D eigenvalue weighted by Crippen LogP contribution is -2.52. The van der Waals surface area contributed by atoms with Crippen LogP contribution in [-0.2, 0) is 16.1 Å². The quantitative estimate of drug-likeness (QED) is 0.908. The number of carbonyl (C=O) groups is 2.